The lowest BCUT2D eigenvalue weighted by atomic mass is 10.1. The molecule has 1 atom stereocenters. The number of terminal acetylenes is 1. The highest BCUT2D eigenvalue weighted by Gasteiger charge is 1.97. The Balaban J connectivity index is 2.40. The van der Waals surface area contributed by atoms with Crippen molar-refractivity contribution < 1.29 is 0 Å². The largest absolute Gasteiger partial charge is 0.318 e. The van der Waals surface area contributed by atoms with Crippen molar-refractivity contribution >= 4 is 0 Å². The van der Waals surface area contributed by atoms with Crippen LogP contribution in [0.3, 0.4) is 0 Å². The van der Waals surface area contributed by atoms with E-state index in [0.29, 0.717) is 0 Å². The van der Waals surface area contributed by atoms with E-state index >= 15 is 0 Å². The van der Waals surface area contributed by atoms with Crippen molar-refractivity contribution in [2.45, 2.75) is 18.9 Å². The third-order valence-corrected chi connectivity index (χ3v) is 1.80. The van der Waals surface area contributed by atoms with Gasteiger partial charge in [-0.1, -0.05) is 36.3 Å². The monoisotopic (exact) mass is 159 g/mol. The van der Waals surface area contributed by atoms with E-state index in [1.165, 1.54) is 5.56 Å². The Morgan fingerprint density at radius 3 is 2.58 bits per heavy atom. The molecule has 1 aromatic carbocycles. The normalized spacial score (nSPS) is 12.0. The lowest BCUT2D eigenvalue weighted by Gasteiger charge is -2.03. The van der Waals surface area contributed by atoms with Gasteiger partial charge in [-0.15, -0.1) is 6.42 Å². The summed E-state index contributed by atoms with van der Waals surface area (Å²) in [5, 5.41) is 0. The molecule has 0 radical (unpaired) electrons. The number of hydrogen-bond donors (Lipinski definition) is 1. The van der Waals surface area contributed by atoms with Gasteiger partial charge in [0.05, 0.1) is 6.04 Å². The van der Waals surface area contributed by atoms with Gasteiger partial charge in [0.25, 0.3) is 0 Å². The highest BCUT2D eigenvalue weighted by molar-refractivity contribution is 5.15. The minimum absolute atomic E-state index is 0.106. The first kappa shape index (κ1) is 8.83. The third kappa shape index (κ3) is 2.77. The van der Waals surface area contributed by atoms with Crippen LogP contribution in [0.15, 0.2) is 30.3 Å². The summed E-state index contributed by atoms with van der Waals surface area (Å²) in [7, 11) is 0. The van der Waals surface area contributed by atoms with Crippen molar-refractivity contribution in [2.75, 3.05) is 0 Å². The van der Waals surface area contributed by atoms with E-state index in [1.807, 2.05) is 18.2 Å². The van der Waals surface area contributed by atoms with Gasteiger partial charge >= 0.3 is 0 Å². The molecule has 2 N–H and O–H groups in total. The Bertz CT molecular complexity index is 258. The first-order chi connectivity index (χ1) is 5.83. The first-order valence-corrected chi connectivity index (χ1v) is 4.08. The van der Waals surface area contributed by atoms with E-state index in [9.17, 15) is 0 Å². The minimum atomic E-state index is -0.106. The van der Waals surface area contributed by atoms with Gasteiger partial charge in [0.15, 0.2) is 0 Å². The van der Waals surface area contributed by atoms with Crippen LogP contribution in [-0.2, 0) is 6.42 Å². The summed E-state index contributed by atoms with van der Waals surface area (Å²) < 4.78 is 0. The second-order valence-electron chi connectivity index (χ2n) is 2.80. The number of benzene rings is 1. The second kappa shape index (κ2) is 4.58. The molecule has 1 nitrogen and oxygen atoms in total. The lowest BCUT2D eigenvalue weighted by Crippen LogP contribution is -2.17. The average Bonchev–Trinajstić information content (AvgIpc) is 2.16. The molecule has 1 unspecified atom stereocenters. The van der Waals surface area contributed by atoms with Gasteiger partial charge in [-0.25, -0.2) is 0 Å². The van der Waals surface area contributed by atoms with Gasteiger partial charge in [0.2, 0.25) is 0 Å². The van der Waals surface area contributed by atoms with Crippen LogP contribution in [0.5, 0.6) is 0 Å². The molecular weight excluding hydrogens is 146 g/mol. The van der Waals surface area contributed by atoms with Crippen LogP contribution in [0, 0.1) is 12.3 Å². The molecule has 0 aliphatic rings. The zero-order chi connectivity index (χ0) is 8.81. The van der Waals surface area contributed by atoms with Crippen molar-refractivity contribution in [1.82, 2.24) is 0 Å². The van der Waals surface area contributed by atoms with E-state index < -0.39 is 0 Å². The molecule has 12 heavy (non-hydrogen) atoms. The third-order valence-electron chi connectivity index (χ3n) is 1.80. The molecule has 0 aromatic heterocycles. The van der Waals surface area contributed by atoms with Gasteiger partial charge in [-0.2, -0.15) is 0 Å². The average molecular weight is 159 g/mol. The van der Waals surface area contributed by atoms with Crippen molar-refractivity contribution in [3.8, 4) is 12.3 Å². The molecule has 0 aliphatic heterocycles. The Hall–Kier alpha value is -1.26. The molecule has 1 aromatic rings. The predicted molar refractivity (Wildman–Crippen MR) is 51.6 cm³/mol. The second-order valence-corrected chi connectivity index (χ2v) is 2.80. The Labute approximate surface area is 73.6 Å². The first-order valence-electron chi connectivity index (χ1n) is 4.08. The van der Waals surface area contributed by atoms with Crippen LogP contribution in [0.4, 0.5) is 0 Å². The number of aryl methyl sites for hydroxylation is 1. The molecule has 0 spiro atoms. The van der Waals surface area contributed by atoms with E-state index in [0.717, 1.165) is 12.8 Å². The minimum Gasteiger partial charge on any atom is -0.318 e. The van der Waals surface area contributed by atoms with Crippen LogP contribution in [0.25, 0.3) is 0 Å². The molecular formula is C11H13N. The molecule has 1 heteroatoms. The Morgan fingerprint density at radius 2 is 2.00 bits per heavy atom. The summed E-state index contributed by atoms with van der Waals surface area (Å²) in [5.41, 5.74) is 6.88. The standard InChI is InChI=1S/C11H13N/c1-2-11(12)9-8-10-6-4-3-5-7-10/h1,3-7,11H,8-9,12H2. The van der Waals surface area contributed by atoms with Crippen LogP contribution < -0.4 is 5.73 Å². The zero-order valence-electron chi connectivity index (χ0n) is 7.03. The molecule has 0 aliphatic carbocycles. The highest BCUT2D eigenvalue weighted by Crippen LogP contribution is 2.03. The molecule has 0 saturated heterocycles. The number of nitrogens with two attached hydrogens (primary N) is 1. The van der Waals surface area contributed by atoms with Gasteiger partial charge in [0.1, 0.15) is 0 Å². The quantitative estimate of drug-likeness (QED) is 0.666. The maximum atomic E-state index is 5.58. The highest BCUT2D eigenvalue weighted by atomic mass is 14.6. The summed E-state index contributed by atoms with van der Waals surface area (Å²) >= 11 is 0. The molecule has 0 fully saturated rings. The van der Waals surface area contributed by atoms with Crippen LogP contribution >= 0.6 is 0 Å². The summed E-state index contributed by atoms with van der Waals surface area (Å²) in [6.07, 6.45) is 6.99. The van der Waals surface area contributed by atoms with Crippen LogP contribution in [0.2, 0.25) is 0 Å². The van der Waals surface area contributed by atoms with E-state index in [-0.39, 0.29) is 6.04 Å². The predicted octanol–water partition coefficient (Wildman–Crippen LogP) is 1.58. The Morgan fingerprint density at radius 1 is 1.33 bits per heavy atom. The van der Waals surface area contributed by atoms with Gasteiger partial charge in [0, 0.05) is 0 Å². The van der Waals surface area contributed by atoms with Crippen molar-refractivity contribution in [1.29, 1.82) is 0 Å². The fraction of sp³-hybridized carbons (Fsp3) is 0.273. The van der Waals surface area contributed by atoms with Crippen molar-refractivity contribution in [2.24, 2.45) is 5.73 Å². The fourth-order valence-corrected chi connectivity index (χ4v) is 1.05. The fourth-order valence-electron chi connectivity index (χ4n) is 1.05. The van der Waals surface area contributed by atoms with E-state index in [4.69, 9.17) is 12.2 Å². The van der Waals surface area contributed by atoms with Crippen molar-refractivity contribution in [3.63, 3.8) is 0 Å². The summed E-state index contributed by atoms with van der Waals surface area (Å²) in [6.45, 7) is 0. The van der Waals surface area contributed by atoms with E-state index in [1.54, 1.807) is 0 Å². The summed E-state index contributed by atoms with van der Waals surface area (Å²) in [6, 6.07) is 10.1. The molecule has 1 rings (SSSR count). The number of hydrogen-bond acceptors (Lipinski definition) is 1. The SMILES string of the molecule is C#CC(N)CCc1ccccc1. The topological polar surface area (TPSA) is 26.0 Å². The van der Waals surface area contributed by atoms with Gasteiger partial charge < -0.3 is 5.73 Å². The van der Waals surface area contributed by atoms with Crippen molar-refractivity contribution in [3.05, 3.63) is 35.9 Å². The summed E-state index contributed by atoms with van der Waals surface area (Å²) in [4.78, 5) is 0. The molecule has 0 heterocycles. The maximum Gasteiger partial charge on any atom is 0.0665 e. The zero-order valence-corrected chi connectivity index (χ0v) is 7.03. The smallest absolute Gasteiger partial charge is 0.0665 e. The molecule has 0 saturated carbocycles. The van der Waals surface area contributed by atoms with Gasteiger partial charge in [-0.3, -0.25) is 0 Å². The number of rotatable bonds is 3. The van der Waals surface area contributed by atoms with E-state index in [2.05, 4.69) is 18.1 Å². The van der Waals surface area contributed by atoms with Crippen LogP contribution in [0.1, 0.15) is 12.0 Å². The summed E-state index contributed by atoms with van der Waals surface area (Å²) in [5.74, 6) is 2.51. The van der Waals surface area contributed by atoms with Crippen LogP contribution in [-0.4, -0.2) is 6.04 Å². The Kier molecular flexibility index (Phi) is 3.37. The molecule has 0 bridgehead atoms. The maximum absolute atomic E-state index is 5.58. The van der Waals surface area contributed by atoms with Gasteiger partial charge in [-0.05, 0) is 18.4 Å². The molecule has 0 amide bonds. The lowest BCUT2D eigenvalue weighted by molar-refractivity contribution is 0.739. The molecule has 62 valence electrons.